The lowest BCUT2D eigenvalue weighted by atomic mass is 10.1. The van der Waals surface area contributed by atoms with Gasteiger partial charge in [-0.2, -0.15) is 21.6 Å². The van der Waals surface area contributed by atoms with Gasteiger partial charge in [0.25, 0.3) is 0 Å². The Morgan fingerprint density at radius 1 is 0.257 bits per heavy atom. The molecule has 0 spiro atoms. The van der Waals surface area contributed by atoms with Crippen LogP contribution in [0.4, 0.5) is 110 Å². The van der Waals surface area contributed by atoms with Crippen LogP contribution in [-0.2, 0) is 10.1 Å². The molecule has 0 atom stereocenters. The van der Waals surface area contributed by atoms with Gasteiger partial charge in [0.15, 0.2) is 0 Å². The van der Waals surface area contributed by atoms with E-state index >= 15 is 0 Å². The lowest BCUT2D eigenvalue weighted by molar-refractivity contribution is -0.0500. The second-order valence-electron chi connectivity index (χ2n) is 26.1. The SMILES string of the molecule is C.O=S(=O)(Oc1cc(N(c2ccccc2)c2ccccc2)c2sc3cc(N(c4ccccc4)c4ccccc4)ccc3c2c1)C(F)(F)F.c1ccc(N(c2ccccc2)c2ccc3c(c2)sc2c(N(c4ccccc4)c4ccccc4)cc(N(c4ccccc4)c4ccccc4)cc23)cc1.c1ccc(Nc2ccccc2)cc1. The van der Waals surface area contributed by atoms with Crippen LogP contribution < -0.4 is 34.0 Å². The number of para-hydroxylation sites is 12. The van der Waals surface area contributed by atoms with Crippen LogP contribution in [0.5, 0.6) is 5.75 Å². The number of hydrogen-bond donors (Lipinski definition) is 1. The second kappa shape index (κ2) is 34.1. The van der Waals surface area contributed by atoms with Crippen molar-refractivity contribution < 1.29 is 25.8 Å². The van der Waals surface area contributed by atoms with Crippen LogP contribution in [0.1, 0.15) is 7.43 Å². The van der Waals surface area contributed by atoms with Crippen molar-refractivity contribution in [1.82, 2.24) is 0 Å². The number of benzene rings is 16. The first-order valence-electron chi connectivity index (χ1n) is 36.4. The predicted molar refractivity (Wildman–Crippen MR) is 471 cm³/mol. The van der Waals surface area contributed by atoms with E-state index < -0.39 is 21.4 Å². The van der Waals surface area contributed by atoms with Crippen LogP contribution in [0.15, 0.2) is 425 Å². The summed E-state index contributed by atoms with van der Waals surface area (Å²) in [4.78, 5) is 11.1. The third kappa shape index (κ3) is 16.6. The summed E-state index contributed by atoms with van der Waals surface area (Å²) in [7, 11) is -5.93. The number of nitrogens with zero attached hydrogens (tertiary/aromatic N) is 5. The molecule has 18 rings (SSSR count). The van der Waals surface area contributed by atoms with E-state index in [-0.39, 0.29) is 7.43 Å². The summed E-state index contributed by atoms with van der Waals surface area (Å²) >= 11 is 3.32. The Morgan fingerprint density at radius 2 is 0.504 bits per heavy atom. The zero-order valence-electron chi connectivity index (χ0n) is 60.2. The summed E-state index contributed by atoms with van der Waals surface area (Å²) in [5.41, 5.74) is 11.4. The second-order valence-corrected chi connectivity index (χ2v) is 29.7. The van der Waals surface area contributed by atoms with Crippen molar-refractivity contribution in [2.45, 2.75) is 12.9 Å². The fourth-order valence-electron chi connectivity index (χ4n) is 13.8. The molecule has 0 aliphatic heterocycles. The molecular weight excluding hydrogens is 1460 g/mol. The van der Waals surface area contributed by atoms with E-state index in [1.165, 1.54) is 43.6 Å². The molecule has 0 radical (unpaired) electrons. The smallest absolute Gasteiger partial charge is 0.376 e. The predicted octanol–water partition coefficient (Wildman–Crippen LogP) is 29.8. The molecule has 0 unspecified atom stereocenters. The summed E-state index contributed by atoms with van der Waals surface area (Å²) in [6.07, 6.45) is 0. The number of anilines is 17. The number of fused-ring (bicyclic) bond motifs is 6. The van der Waals surface area contributed by atoms with Crippen molar-refractivity contribution in [2.75, 3.05) is 29.8 Å². The average Bonchev–Trinajstić information content (AvgIpc) is 1.61. The maximum Gasteiger partial charge on any atom is 0.534 e. The van der Waals surface area contributed by atoms with Crippen molar-refractivity contribution in [3.8, 4) is 5.75 Å². The maximum atomic E-state index is 13.5. The van der Waals surface area contributed by atoms with E-state index in [2.05, 4.69) is 237 Å². The molecule has 0 saturated carbocycles. The Labute approximate surface area is 664 Å². The Bertz CT molecular complexity index is 6020. The van der Waals surface area contributed by atoms with Gasteiger partial charge in [0, 0.05) is 122 Å². The van der Waals surface area contributed by atoms with Crippen LogP contribution in [-0.4, -0.2) is 13.9 Å². The van der Waals surface area contributed by atoms with Gasteiger partial charge >= 0.3 is 15.6 Å². The molecule has 0 aliphatic carbocycles. The molecule has 113 heavy (non-hydrogen) atoms. The van der Waals surface area contributed by atoms with Crippen molar-refractivity contribution in [1.29, 1.82) is 0 Å². The Hall–Kier alpha value is -13.7. The lowest BCUT2D eigenvalue weighted by Gasteiger charge is -2.30. The quantitative estimate of drug-likeness (QED) is 0.0630. The van der Waals surface area contributed by atoms with Gasteiger partial charge in [0.1, 0.15) is 5.75 Å². The first-order chi connectivity index (χ1) is 55.0. The van der Waals surface area contributed by atoms with E-state index in [0.717, 1.165) is 106 Å². The van der Waals surface area contributed by atoms with Crippen molar-refractivity contribution in [3.63, 3.8) is 0 Å². The summed E-state index contributed by atoms with van der Waals surface area (Å²) in [6.45, 7) is 0. The van der Waals surface area contributed by atoms with E-state index in [1.54, 1.807) is 0 Å². The number of alkyl halides is 3. The minimum atomic E-state index is -5.93. The fourth-order valence-corrected chi connectivity index (χ4v) is 16.7. The van der Waals surface area contributed by atoms with Gasteiger partial charge in [-0.1, -0.05) is 238 Å². The number of rotatable bonds is 19. The summed E-state index contributed by atoms with van der Waals surface area (Å²) in [6, 6.07) is 143. The third-order valence-corrected chi connectivity index (χ3v) is 22.1. The molecular formula is C98H75F3N6O3S3. The van der Waals surface area contributed by atoms with Crippen molar-refractivity contribution in [2.24, 2.45) is 0 Å². The van der Waals surface area contributed by atoms with Crippen LogP contribution in [0.2, 0.25) is 0 Å². The molecule has 15 heteroatoms. The lowest BCUT2D eigenvalue weighted by Crippen LogP contribution is -2.28. The fraction of sp³-hybridized carbons (Fsp3) is 0.0204. The van der Waals surface area contributed by atoms with Crippen molar-refractivity contribution in [3.05, 3.63) is 425 Å². The molecule has 0 bridgehead atoms. The first-order valence-corrected chi connectivity index (χ1v) is 39.4. The van der Waals surface area contributed by atoms with Crippen molar-refractivity contribution >= 4 is 170 Å². The van der Waals surface area contributed by atoms with Gasteiger partial charge in [0.05, 0.1) is 20.8 Å². The molecule has 2 aromatic heterocycles. The highest BCUT2D eigenvalue weighted by Crippen LogP contribution is 2.52. The van der Waals surface area contributed by atoms with Gasteiger partial charge in [-0.25, -0.2) is 0 Å². The van der Waals surface area contributed by atoms with Gasteiger partial charge in [0.2, 0.25) is 0 Å². The van der Waals surface area contributed by atoms with E-state index in [9.17, 15) is 21.6 Å². The largest absolute Gasteiger partial charge is 0.534 e. The number of hydrogen-bond acceptors (Lipinski definition) is 11. The van der Waals surface area contributed by atoms with E-state index in [1.807, 2.05) is 216 Å². The molecule has 2 heterocycles. The molecule has 554 valence electrons. The summed E-state index contributed by atoms with van der Waals surface area (Å²) in [5.74, 6) is -0.444. The van der Waals surface area contributed by atoms with Crippen LogP contribution in [0, 0.1) is 0 Å². The van der Waals surface area contributed by atoms with Gasteiger partial charge in [-0.05, 0) is 188 Å². The number of halogens is 3. The highest BCUT2D eigenvalue weighted by atomic mass is 32.2. The minimum absolute atomic E-state index is 0. The minimum Gasteiger partial charge on any atom is -0.376 e. The Kier molecular flexibility index (Phi) is 22.5. The van der Waals surface area contributed by atoms with Gasteiger partial charge in [-0.3, -0.25) is 0 Å². The van der Waals surface area contributed by atoms with Crippen LogP contribution in [0.3, 0.4) is 0 Å². The molecule has 0 amide bonds. The molecule has 18 aromatic rings. The molecule has 0 fully saturated rings. The standard InChI is InChI=1S/C48H35N3S.C37H25F3N2O3S2.C12H11N.CH4/c1-7-19-36(20-8-1)49(37-21-9-2-10-22-37)42-31-32-44-45-33-43(50(38-23-11-3-12-24-38)39-25-13-4-14-26-39)34-46(48(45)52-47(44)35-42)51(40-27-15-5-16-28-40)41-29-17-6-18-30-41;38-37(39,40)47(43,44)45-31-24-33-32-22-21-30(41(26-13-5-1-6-14-26)27-15-7-2-8-16-27)23-35(32)46-36(33)34(25-31)42(28-17-9-3-10-18-28)29-19-11-4-12-20-29;1-3-7-11(8-4-1)13-12-9-5-2-6-10-12;/h1-35H;1-25H;1-10,13H;1H4. The zero-order valence-corrected chi connectivity index (χ0v) is 62.7. The van der Waals surface area contributed by atoms with E-state index in [0.29, 0.717) is 11.1 Å². The molecule has 0 aliphatic rings. The number of nitrogens with one attached hydrogen (secondary N) is 1. The average molecular weight is 1540 g/mol. The number of thiophene rings is 2. The highest BCUT2D eigenvalue weighted by Gasteiger charge is 2.49. The third-order valence-electron chi connectivity index (χ3n) is 18.8. The molecule has 0 saturated heterocycles. The molecule has 9 nitrogen and oxygen atoms in total. The monoisotopic (exact) mass is 1540 g/mol. The van der Waals surface area contributed by atoms with Crippen LogP contribution in [0.25, 0.3) is 40.3 Å². The summed E-state index contributed by atoms with van der Waals surface area (Å²) < 4.78 is 73.7. The zero-order chi connectivity index (χ0) is 76.2. The normalized spacial score (nSPS) is 11.1. The van der Waals surface area contributed by atoms with E-state index in [4.69, 9.17) is 4.18 Å². The van der Waals surface area contributed by atoms with Gasteiger partial charge < -0.3 is 34.0 Å². The molecule has 16 aromatic carbocycles. The Balaban J connectivity index is 0.000000153. The van der Waals surface area contributed by atoms with Gasteiger partial charge in [-0.15, -0.1) is 22.7 Å². The summed E-state index contributed by atoms with van der Waals surface area (Å²) in [5, 5.41) is 7.06. The highest BCUT2D eigenvalue weighted by molar-refractivity contribution is 7.88. The maximum absolute atomic E-state index is 13.5. The topological polar surface area (TPSA) is 71.6 Å². The molecule has 1 N–H and O–H groups in total. The Morgan fingerprint density at radius 3 is 0.788 bits per heavy atom. The van der Waals surface area contributed by atoms with Crippen LogP contribution >= 0.6 is 22.7 Å². The first kappa shape index (κ1) is 74.7.